The number of Topliss-reactive ketones (excluding diaryl/α,β-unsaturated/α-hetero) is 1. The summed E-state index contributed by atoms with van der Waals surface area (Å²) in [6.07, 6.45) is 1.69. The van der Waals surface area contributed by atoms with Crippen LogP contribution in [0, 0.1) is 0 Å². The number of carbonyl (C=O) groups excluding carboxylic acids is 3. The van der Waals surface area contributed by atoms with E-state index in [1.165, 1.54) is 0 Å². The largest absolute Gasteiger partial charge is 0.353 e. The molecule has 2 aromatic carbocycles. The molecule has 3 rings (SSSR count). The number of anilines is 1. The molecule has 29 heavy (non-hydrogen) atoms. The Morgan fingerprint density at radius 1 is 0.931 bits per heavy atom. The summed E-state index contributed by atoms with van der Waals surface area (Å²) < 4.78 is 0. The molecule has 0 aliphatic carbocycles. The van der Waals surface area contributed by atoms with Crippen molar-refractivity contribution in [2.45, 2.75) is 31.7 Å². The number of para-hydroxylation sites is 1. The monoisotopic (exact) mass is 413 g/mol. The van der Waals surface area contributed by atoms with Crippen LogP contribution in [0.5, 0.6) is 0 Å². The Hall–Kier alpha value is -2.86. The van der Waals surface area contributed by atoms with E-state index in [0.29, 0.717) is 36.5 Å². The summed E-state index contributed by atoms with van der Waals surface area (Å²) in [6.45, 7) is 1.15. The lowest BCUT2D eigenvalue weighted by molar-refractivity contribution is -0.122. The molecule has 0 aromatic heterocycles. The van der Waals surface area contributed by atoms with Gasteiger partial charge in [-0.1, -0.05) is 29.8 Å². The number of urea groups is 1. The summed E-state index contributed by atoms with van der Waals surface area (Å²) in [7, 11) is 0. The molecule has 2 N–H and O–H groups in total. The van der Waals surface area contributed by atoms with Gasteiger partial charge in [0.05, 0.1) is 0 Å². The van der Waals surface area contributed by atoms with Gasteiger partial charge in [0.1, 0.15) is 0 Å². The number of ketones is 1. The standard InChI is InChI=1S/C22H24ClN3O3/c23-17-8-6-16(7-9-17)20(27)10-11-21(28)24-19-12-14-26(15-13-19)22(29)25-18-4-2-1-3-5-18/h1-9,19H,10-15H2,(H,24,28)(H,25,29). The van der Waals surface area contributed by atoms with Gasteiger partial charge in [0, 0.05) is 48.2 Å². The number of nitrogens with one attached hydrogen (secondary N) is 2. The lowest BCUT2D eigenvalue weighted by atomic mass is 10.0. The summed E-state index contributed by atoms with van der Waals surface area (Å²) in [5.74, 6) is -0.219. The lowest BCUT2D eigenvalue weighted by Crippen LogP contribution is -2.47. The third kappa shape index (κ3) is 6.32. The number of rotatable bonds is 6. The van der Waals surface area contributed by atoms with Gasteiger partial charge in [-0.05, 0) is 49.2 Å². The summed E-state index contributed by atoms with van der Waals surface area (Å²) >= 11 is 5.82. The number of hydrogen-bond donors (Lipinski definition) is 2. The van der Waals surface area contributed by atoms with Gasteiger partial charge in [0.25, 0.3) is 0 Å². The highest BCUT2D eigenvalue weighted by atomic mass is 35.5. The first-order valence-electron chi connectivity index (χ1n) is 9.70. The maximum Gasteiger partial charge on any atom is 0.321 e. The van der Waals surface area contributed by atoms with Crippen LogP contribution in [-0.2, 0) is 4.79 Å². The summed E-state index contributed by atoms with van der Waals surface area (Å²) in [5, 5.41) is 6.42. The molecule has 7 heteroatoms. The Morgan fingerprint density at radius 2 is 1.59 bits per heavy atom. The van der Waals surface area contributed by atoms with E-state index in [1.54, 1.807) is 29.2 Å². The summed E-state index contributed by atoms with van der Waals surface area (Å²) in [5.41, 5.74) is 1.32. The summed E-state index contributed by atoms with van der Waals surface area (Å²) in [6, 6.07) is 15.9. The molecule has 1 heterocycles. The van der Waals surface area contributed by atoms with E-state index < -0.39 is 0 Å². The van der Waals surface area contributed by atoms with Crippen molar-refractivity contribution in [3.63, 3.8) is 0 Å². The van der Waals surface area contributed by atoms with E-state index in [1.807, 2.05) is 30.3 Å². The Labute approximate surface area is 175 Å². The zero-order valence-electron chi connectivity index (χ0n) is 16.1. The molecule has 152 valence electrons. The molecule has 0 saturated carbocycles. The van der Waals surface area contributed by atoms with Gasteiger partial charge >= 0.3 is 6.03 Å². The first-order valence-corrected chi connectivity index (χ1v) is 10.1. The van der Waals surface area contributed by atoms with E-state index in [9.17, 15) is 14.4 Å². The van der Waals surface area contributed by atoms with Gasteiger partial charge in [-0.25, -0.2) is 4.79 Å². The quantitative estimate of drug-likeness (QED) is 0.699. The van der Waals surface area contributed by atoms with Crippen molar-refractivity contribution in [2.24, 2.45) is 0 Å². The molecule has 1 saturated heterocycles. The van der Waals surface area contributed by atoms with Crippen molar-refractivity contribution in [1.82, 2.24) is 10.2 Å². The molecule has 1 aliphatic rings. The molecular weight excluding hydrogens is 390 g/mol. The van der Waals surface area contributed by atoms with E-state index in [0.717, 1.165) is 5.69 Å². The van der Waals surface area contributed by atoms with Gasteiger partial charge in [0.2, 0.25) is 5.91 Å². The SMILES string of the molecule is O=C(CCC(=O)c1ccc(Cl)cc1)NC1CCN(C(=O)Nc2ccccc2)CC1. The van der Waals surface area contributed by atoms with Crippen LogP contribution >= 0.6 is 11.6 Å². The van der Waals surface area contributed by atoms with E-state index in [2.05, 4.69) is 10.6 Å². The van der Waals surface area contributed by atoms with Crippen LogP contribution in [0.2, 0.25) is 5.02 Å². The van der Waals surface area contributed by atoms with Crippen LogP contribution in [0.1, 0.15) is 36.0 Å². The van der Waals surface area contributed by atoms with Crippen LogP contribution in [0.15, 0.2) is 54.6 Å². The van der Waals surface area contributed by atoms with Crippen LogP contribution in [-0.4, -0.2) is 41.8 Å². The molecule has 0 bridgehead atoms. The minimum atomic E-state index is -0.139. The van der Waals surface area contributed by atoms with Crippen molar-refractivity contribution in [3.8, 4) is 0 Å². The Morgan fingerprint density at radius 3 is 2.24 bits per heavy atom. The van der Waals surface area contributed by atoms with Gasteiger partial charge < -0.3 is 15.5 Å². The minimum Gasteiger partial charge on any atom is -0.353 e. The number of piperidine rings is 1. The molecule has 2 aromatic rings. The van der Waals surface area contributed by atoms with Crippen molar-refractivity contribution in [3.05, 3.63) is 65.2 Å². The van der Waals surface area contributed by atoms with Gasteiger partial charge in [0.15, 0.2) is 5.78 Å². The normalized spacial score (nSPS) is 14.3. The third-order valence-corrected chi connectivity index (χ3v) is 5.17. The molecule has 0 unspecified atom stereocenters. The lowest BCUT2D eigenvalue weighted by Gasteiger charge is -2.32. The molecule has 1 aliphatic heterocycles. The Kier molecular flexibility index (Phi) is 7.25. The fraction of sp³-hybridized carbons (Fsp3) is 0.318. The second-order valence-corrected chi connectivity index (χ2v) is 7.49. The Bertz CT molecular complexity index is 847. The molecule has 1 fully saturated rings. The number of benzene rings is 2. The fourth-order valence-corrected chi connectivity index (χ4v) is 3.38. The highest BCUT2D eigenvalue weighted by Crippen LogP contribution is 2.15. The average Bonchev–Trinajstić information content (AvgIpc) is 2.74. The maximum atomic E-state index is 12.3. The molecule has 6 nitrogen and oxygen atoms in total. The van der Waals surface area contributed by atoms with Gasteiger partial charge in [-0.2, -0.15) is 0 Å². The number of nitrogens with zero attached hydrogens (tertiary/aromatic N) is 1. The first kappa shape index (κ1) is 20.9. The van der Waals surface area contributed by atoms with Crippen LogP contribution in [0.4, 0.5) is 10.5 Å². The molecule has 0 radical (unpaired) electrons. The fourth-order valence-electron chi connectivity index (χ4n) is 3.26. The Balaban J connectivity index is 1.37. The zero-order valence-corrected chi connectivity index (χ0v) is 16.8. The van der Waals surface area contributed by atoms with Gasteiger partial charge in [-0.15, -0.1) is 0 Å². The number of amides is 3. The molecule has 0 atom stereocenters. The highest BCUT2D eigenvalue weighted by molar-refractivity contribution is 6.30. The van der Waals surface area contributed by atoms with Crippen LogP contribution in [0.25, 0.3) is 0 Å². The maximum absolute atomic E-state index is 12.3. The third-order valence-electron chi connectivity index (χ3n) is 4.92. The number of carbonyl (C=O) groups is 3. The van der Waals surface area contributed by atoms with E-state index in [-0.39, 0.29) is 36.6 Å². The molecular formula is C22H24ClN3O3. The van der Waals surface area contributed by atoms with Crippen LogP contribution in [0.3, 0.4) is 0 Å². The molecule has 3 amide bonds. The van der Waals surface area contributed by atoms with E-state index >= 15 is 0 Å². The van der Waals surface area contributed by atoms with E-state index in [4.69, 9.17) is 11.6 Å². The van der Waals surface area contributed by atoms with Gasteiger partial charge in [-0.3, -0.25) is 9.59 Å². The highest BCUT2D eigenvalue weighted by Gasteiger charge is 2.24. The minimum absolute atomic E-state index is 0.0221. The van der Waals surface area contributed by atoms with Crippen molar-refractivity contribution >= 4 is 35.0 Å². The van der Waals surface area contributed by atoms with Crippen molar-refractivity contribution in [2.75, 3.05) is 18.4 Å². The second-order valence-electron chi connectivity index (χ2n) is 7.06. The summed E-state index contributed by atoms with van der Waals surface area (Å²) in [4.78, 5) is 38.4. The average molecular weight is 414 g/mol. The molecule has 0 spiro atoms. The van der Waals surface area contributed by atoms with Crippen molar-refractivity contribution < 1.29 is 14.4 Å². The smallest absolute Gasteiger partial charge is 0.321 e. The van der Waals surface area contributed by atoms with Crippen molar-refractivity contribution in [1.29, 1.82) is 0 Å². The first-order chi connectivity index (χ1) is 14.0. The number of hydrogen-bond acceptors (Lipinski definition) is 3. The number of halogens is 1. The number of likely N-dealkylation sites (tertiary alicyclic amines) is 1. The zero-order chi connectivity index (χ0) is 20.6. The second kappa shape index (κ2) is 10.1. The topological polar surface area (TPSA) is 78.5 Å². The van der Waals surface area contributed by atoms with Crippen LogP contribution < -0.4 is 10.6 Å². The predicted molar refractivity (Wildman–Crippen MR) is 113 cm³/mol. The predicted octanol–water partition coefficient (Wildman–Crippen LogP) is 4.12.